The van der Waals surface area contributed by atoms with Crippen LogP contribution in [-0.4, -0.2) is 63.9 Å². The Morgan fingerprint density at radius 1 is 1.24 bits per heavy atom. The molecule has 25 heavy (non-hydrogen) atoms. The normalized spacial score (nSPS) is 15.0. The number of hydrogen-bond donors (Lipinski definition) is 1. The highest BCUT2D eigenvalue weighted by molar-refractivity contribution is 5.94. The molecular formula is C19H30N2O4. The van der Waals surface area contributed by atoms with Crippen molar-refractivity contribution in [2.24, 2.45) is 0 Å². The molecular weight excluding hydrogens is 320 g/mol. The fraction of sp³-hybridized carbons (Fsp3) is 0.632. The minimum Gasteiger partial charge on any atom is -0.493 e. The number of unbranched alkanes of at least 4 members (excludes halogenated alkanes) is 2. The summed E-state index contributed by atoms with van der Waals surface area (Å²) in [7, 11) is 1.61. The molecule has 0 bridgehead atoms. The molecule has 0 aliphatic carbocycles. The maximum absolute atomic E-state index is 12.4. The predicted molar refractivity (Wildman–Crippen MR) is 97.6 cm³/mol. The van der Waals surface area contributed by atoms with Gasteiger partial charge in [-0.2, -0.15) is 0 Å². The van der Waals surface area contributed by atoms with Crippen LogP contribution in [0.25, 0.3) is 0 Å². The molecule has 0 spiro atoms. The highest BCUT2D eigenvalue weighted by Gasteiger charge is 2.13. The quantitative estimate of drug-likeness (QED) is 0.656. The summed E-state index contributed by atoms with van der Waals surface area (Å²) in [5, 5.41) is 2.97. The molecule has 1 saturated heterocycles. The molecule has 0 atom stereocenters. The third-order valence-electron chi connectivity index (χ3n) is 4.25. The van der Waals surface area contributed by atoms with Crippen molar-refractivity contribution in [2.75, 3.05) is 53.1 Å². The fourth-order valence-corrected chi connectivity index (χ4v) is 2.72. The molecule has 1 aliphatic rings. The molecule has 0 aromatic heterocycles. The van der Waals surface area contributed by atoms with E-state index in [2.05, 4.69) is 17.1 Å². The van der Waals surface area contributed by atoms with Gasteiger partial charge in [-0.15, -0.1) is 0 Å². The molecule has 1 aromatic carbocycles. The Balaban J connectivity index is 1.85. The van der Waals surface area contributed by atoms with Gasteiger partial charge in [0, 0.05) is 31.7 Å². The van der Waals surface area contributed by atoms with Gasteiger partial charge < -0.3 is 19.5 Å². The molecule has 6 heteroatoms. The SMILES string of the molecule is CCCCCOc1cc(C(=O)NCCN2CCOCC2)ccc1OC. The van der Waals surface area contributed by atoms with E-state index in [4.69, 9.17) is 14.2 Å². The van der Waals surface area contributed by atoms with E-state index in [9.17, 15) is 4.79 Å². The minimum absolute atomic E-state index is 0.0886. The summed E-state index contributed by atoms with van der Waals surface area (Å²) in [4.78, 5) is 14.7. The first-order chi connectivity index (χ1) is 12.2. The second-order valence-electron chi connectivity index (χ2n) is 6.13. The highest BCUT2D eigenvalue weighted by atomic mass is 16.5. The Bertz CT molecular complexity index is 530. The van der Waals surface area contributed by atoms with Gasteiger partial charge in [-0.1, -0.05) is 19.8 Å². The van der Waals surface area contributed by atoms with E-state index in [0.717, 1.165) is 52.1 Å². The number of methoxy groups -OCH3 is 1. The summed E-state index contributed by atoms with van der Waals surface area (Å²) in [6.45, 7) is 7.64. The number of benzene rings is 1. The van der Waals surface area contributed by atoms with Gasteiger partial charge in [0.1, 0.15) is 0 Å². The van der Waals surface area contributed by atoms with E-state index in [-0.39, 0.29) is 5.91 Å². The van der Waals surface area contributed by atoms with E-state index in [1.807, 2.05) is 0 Å². The molecule has 0 radical (unpaired) electrons. The summed E-state index contributed by atoms with van der Waals surface area (Å²) in [5.41, 5.74) is 0.591. The second-order valence-corrected chi connectivity index (χ2v) is 6.13. The fourth-order valence-electron chi connectivity index (χ4n) is 2.72. The lowest BCUT2D eigenvalue weighted by atomic mass is 10.2. The zero-order valence-corrected chi connectivity index (χ0v) is 15.4. The second kappa shape index (κ2) is 10.9. The van der Waals surface area contributed by atoms with Crippen molar-refractivity contribution < 1.29 is 19.0 Å². The smallest absolute Gasteiger partial charge is 0.251 e. The van der Waals surface area contributed by atoms with Crippen molar-refractivity contribution in [2.45, 2.75) is 26.2 Å². The molecule has 6 nitrogen and oxygen atoms in total. The monoisotopic (exact) mass is 350 g/mol. The third-order valence-corrected chi connectivity index (χ3v) is 4.25. The van der Waals surface area contributed by atoms with Crippen molar-refractivity contribution in [3.63, 3.8) is 0 Å². The molecule has 0 saturated carbocycles. The van der Waals surface area contributed by atoms with Gasteiger partial charge in [0.2, 0.25) is 0 Å². The molecule has 1 fully saturated rings. The highest BCUT2D eigenvalue weighted by Crippen LogP contribution is 2.28. The minimum atomic E-state index is -0.0886. The van der Waals surface area contributed by atoms with Crippen LogP contribution in [0.4, 0.5) is 0 Å². The van der Waals surface area contributed by atoms with Crippen molar-refractivity contribution in [3.05, 3.63) is 23.8 Å². The average molecular weight is 350 g/mol. The van der Waals surface area contributed by atoms with E-state index >= 15 is 0 Å². The number of rotatable bonds is 10. The molecule has 1 heterocycles. The van der Waals surface area contributed by atoms with Crippen LogP contribution in [-0.2, 0) is 4.74 Å². The number of ether oxygens (including phenoxy) is 3. The summed E-state index contributed by atoms with van der Waals surface area (Å²) in [6.07, 6.45) is 3.27. The van der Waals surface area contributed by atoms with Gasteiger partial charge in [-0.05, 0) is 24.6 Å². The van der Waals surface area contributed by atoms with Crippen molar-refractivity contribution in [3.8, 4) is 11.5 Å². The first-order valence-corrected chi connectivity index (χ1v) is 9.13. The van der Waals surface area contributed by atoms with Crippen LogP contribution in [0.1, 0.15) is 36.5 Å². The summed E-state index contributed by atoms with van der Waals surface area (Å²) in [5.74, 6) is 1.19. The Morgan fingerprint density at radius 3 is 2.76 bits per heavy atom. The molecule has 1 aromatic rings. The average Bonchev–Trinajstić information content (AvgIpc) is 2.66. The number of amides is 1. The van der Waals surface area contributed by atoms with Crippen molar-refractivity contribution in [1.82, 2.24) is 10.2 Å². The molecule has 0 unspecified atom stereocenters. The third kappa shape index (κ3) is 6.55. The van der Waals surface area contributed by atoms with Crippen LogP contribution in [0.3, 0.4) is 0 Å². The molecule has 140 valence electrons. The topological polar surface area (TPSA) is 60.0 Å². The van der Waals surface area contributed by atoms with Crippen LogP contribution in [0.5, 0.6) is 11.5 Å². The van der Waals surface area contributed by atoms with Crippen LogP contribution in [0, 0.1) is 0 Å². The Morgan fingerprint density at radius 2 is 2.04 bits per heavy atom. The summed E-state index contributed by atoms with van der Waals surface area (Å²) >= 11 is 0. The van der Waals surface area contributed by atoms with Gasteiger partial charge in [0.15, 0.2) is 11.5 Å². The van der Waals surface area contributed by atoms with E-state index in [0.29, 0.717) is 30.2 Å². The van der Waals surface area contributed by atoms with Gasteiger partial charge in [-0.3, -0.25) is 9.69 Å². The number of morpholine rings is 1. The van der Waals surface area contributed by atoms with Gasteiger partial charge in [0.25, 0.3) is 5.91 Å². The Kier molecular flexibility index (Phi) is 8.55. The number of carbonyl (C=O) groups is 1. The zero-order chi connectivity index (χ0) is 17.9. The predicted octanol–water partition coefficient (Wildman–Crippen LogP) is 2.33. The van der Waals surface area contributed by atoms with Gasteiger partial charge in [0.05, 0.1) is 26.9 Å². The number of carbonyl (C=O) groups excluding carboxylic acids is 1. The first-order valence-electron chi connectivity index (χ1n) is 9.13. The number of nitrogens with zero attached hydrogens (tertiary/aromatic N) is 1. The van der Waals surface area contributed by atoms with E-state index < -0.39 is 0 Å². The van der Waals surface area contributed by atoms with E-state index in [1.54, 1.807) is 25.3 Å². The van der Waals surface area contributed by atoms with Gasteiger partial charge >= 0.3 is 0 Å². The summed E-state index contributed by atoms with van der Waals surface area (Å²) < 4.78 is 16.4. The van der Waals surface area contributed by atoms with Crippen molar-refractivity contribution in [1.29, 1.82) is 0 Å². The maximum Gasteiger partial charge on any atom is 0.251 e. The van der Waals surface area contributed by atoms with E-state index in [1.165, 1.54) is 0 Å². The number of nitrogens with one attached hydrogen (secondary N) is 1. The molecule has 1 aliphatic heterocycles. The standard InChI is InChI=1S/C19H30N2O4/c1-3-4-5-12-25-18-15-16(6-7-17(18)23-2)19(22)20-8-9-21-10-13-24-14-11-21/h6-7,15H,3-5,8-14H2,1-2H3,(H,20,22). The lowest BCUT2D eigenvalue weighted by Gasteiger charge is -2.26. The largest absolute Gasteiger partial charge is 0.493 e. The van der Waals surface area contributed by atoms with Crippen LogP contribution >= 0.6 is 0 Å². The maximum atomic E-state index is 12.4. The first kappa shape index (κ1) is 19.5. The molecule has 2 rings (SSSR count). The van der Waals surface area contributed by atoms with Gasteiger partial charge in [-0.25, -0.2) is 0 Å². The Hall–Kier alpha value is -1.79. The molecule has 1 N–H and O–H groups in total. The Labute approximate surface area is 150 Å². The van der Waals surface area contributed by atoms with Crippen LogP contribution in [0.15, 0.2) is 18.2 Å². The lowest BCUT2D eigenvalue weighted by Crippen LogP contribution is -2.41. The van der Waals surface area contributed by atoms with Crippen LogP contribution in [0.2, 0.25) is 0 Å². The summed E-state index contributed by atoms with van der Waals surface area (Å²) in [6, 6.07) is 5.31. The lowest BCUT2D eigenvalue weighted by molar-refractivity contribution is 0.0383. The zero-order valence-electron chi connectivity index (χ0n) is 15.4. The molecule has 1 amide bonds. The van der Waals surface area contributed by atoms with Crippen LogP contribution < -0.4 is 14.8 Å². The van der Waals surface area contributed by atoms with Crippen molar-refractivity contribution >= 4 is 5.91 Å². The number of hydrogen-bond acceptors (Lipinski definition) is 5.